The van der Waals surface area contributed by atoms with Gasteiger partial charge in [0.2, 0.25) is 5.82 Å². The Kier molecular flexibility index (Phi) is 4.55. The van der Waals surface area contributed by atoms with Gasteiger partial charge in [0, 0.05) is 25.4 Å². The number of pyridine rings is 1. The van der Waals surface area contributed by atoms with E-state index in [1.54, 1.807) is 0 Å². The summed E-state index contributed by atoms with van der Waals surface area (Å²) in [5.74, 6) is 0.807. The van der Waals surface area contributed by atoms with Crippen molar-refractivity contribution in [2.75, 3.05) is 31.5 Å². The number of nitrogens with zero attached hydrogens (tertiary/aromatic N) is 3. The van der Waals surface area contributed by atoms with Crippen molar-refractivity contribution in [3.8, 4) is 0 Å². The second-order valence-electron chi connectivity index (χ2n) is 4.71. The fourth-order valence-corrected chi connectivity index (χ4v) is 2.46. The highest BCUT2D eigenvalue weighted by molar-refractivity contribution is 6.30. The zero-order valence-corrected chi connectivity index (χ0v) is 11.6. The van der Waals surface area contributed by atoms with Crippen LogP contribution in [0.4, 0.5) is 11.5 Å². The third kappa shape index (κ3) is 3.54. The van der Waals surface area contributed by atoms with Gasteiger partial charge in [0.05, 0.1) is 9.95 Å². The second-order valence-corrected chi connectivity index (χ2v) is 5.14. The van der Waals surface area contributed by atoms with Crippen molar-refractivity contribution >= 4 is 23.1 Å². The van der Waals surface area contributed by atoms with E-state index >= 15 is 0 Å². The van der Waals surface area contributed by atoms with Gasteiger partial charge in [-0.1, -0.05) is 18.5 Å². The van der Waals surface area contributed by atoms with Crippen LogP contribution in [0.15, 0.2) is 12.3 Å². The summed E-state index contributed by atoms with van der Waals surface area (Å²) >= 11 is 5.72. The Balaban J connectivity index is 1.98. The molecule has 0 bridgehead atoms. The van der Waals surface area contributed by atoms with E-state index < -0.39 is 4.92 Å². The minimum Gasteiger partial charge on any atom is -0.364 e. The van der Waals surface area contributed by atoms with Gasteiger partial charge in [-0.15, -0.1) is 0 Å². The highest BCUT2D eigenvalue weighted by Crippen LogP contribution is 2.26. The fraction of sp³-hybridized carbons (Fsp3) is 0.583. The van der Waals surface area contributed by atoms with E-state index in [-0.39, 0.29) is 10.7 Å². The molecule has 1 aliphatic rings. The second kappa shape index (κ2) is 6.16. The lowest BCUT2D eigenvalue weighted by Crippen LogP contribution is -2.22. The van der Waals surface area contributed by atoms with Crippen molar-refractivity contribution in [3.05, 3.63) is 27.4 Å². The Bertz CT molecular complexity index is 469. The molecule has 2 heterocycles. The summed E-state index contributed by atoms with van der Waals surface area (Å²) in [7, 11) is 0. The minimum atomic E-state index is -0.464. The molecule has 7 heteroatoms. The lowest BCUT2D eigenvalue weighted by molar-refractivity contribution is -0.384. The van der Waals surface area contributed by atoms with Crippen LogP contribution in [0.25, 0.3) is 0 Å². The van der Waals surface area contributed by atoms with Gasteiger partial charge in [0.1, 0.15) is 0 Å². The average molecular weight is 285 g/mol. The Morgan fingerprint density at radius 2 is 2.47 bits per heavy atom. The first-order chi connectivity index (χ1) is 9.10. The third-order valence-corrected chi connectivity index (χ3v) is 3.61. The highest BCUT2D eigenvalue weighted by atomic mass is 35.5. The van der Waals surface area contributed by atoms with Crippen LogP contribution in [0.5, 0.6) is 0 Å². The largest absolute Gasteiger partial charge is 0.364 e. The molecule has 1 aliphatic heterocycles. The van der Waals surface area contributed by atoms with Gasteiger partial charge in [0.25, 0.3) is 0 Å². The van der Waals surface area contributed by atoms with E-state index in [4.69, 9.17) is 11.6 Å². The normalized spacial score (nSPS) is 19.6. The molecule has 0 spiro atoms. The van der Waals surface area contributed by atoms with Crippen LogP contribution in [0.2, 0.25) is 5.02 Å². The average Bonchev–Trinajstić information content (AvgIpc) is 2.85. The van der Waals surface area contributed by atoms with Crippen LogP contribution in [-0.4, -0.2) is 41.0 Å². The summed E-state index contributed by atoms with van der Waals surface area (Å²) in [4.78, 5) is 16.8. The van der Waals surface area contributed by atoms with Gasteiger partial charge in [-0.25, -0.2) is 4.98 Å². The maximum atomic E-state index is 10.9. The molecule has 19 heavy (non-hydrogen) atoms. The third-order valence-electron chi connectivity index (χ3n) is 3.41. The molecule has 1 atom stereocenters. The summed E-state index contributed by atoms with van der Waals surface area (Å²) in [5, 5.41) is 14.3. The highest BCUT2D eigenvalue weighted by Gasteiger charge is 2.22. The molecule has 1 saturated heterocycles. The van der Waals surface area contributed by atoms with Crippen LogP contribution in [0.1, 0.15) is 13.3 Å². The van der Waals surface area contributed by atoms with Gasteiger partial charge < -0.3 is 10.2 Å². The number of aromatic nitrogens is 1. The first-order valence-electron chi connectivity index (χ1n) is 6.36. The Hall–Kier alpha value is -1.40. The van der Waals surface area contributed by atoms with E-state index in [9.17, 15) is 10.1 Å². The Morgan fingerprint density at radius 1 is 1.68 bits per heavy atom. The zero-order valence-electron chi connectivity index (χ0n) is 10.8. The lowest BCUT2D eigenvalue weighted by Gasteiger charge is -2.14. The summed E-state index contributed by atoms with van der Waals surface area (Å²) in [6.07, 6.45) is 2.53. The van der Waals surface area contributed by atoms with E-state index in [1.807, 2.05) is 0 Å². The number of nitrogens with one attached hydrogen (secondary N) is 1. The molecule has 0 aromatic carbocycles. The van der Waals surface area contributed by atoms with Gasteiger partial charge in [-0.05, 0) is 25.4 Å². The number of rotatable bonds is 5. The minimum absolute atomic E-state index is 0.0714. The summed E-state index contributed by atoms with van der Waals surface area (Å²) in [6, 6.07) is 1.32. The molecule has 0 saturated carbocycles. The molecule has 6 nitrogen and oxygen atoms in total. The van der Waals surface area contributed by atoms with Crippen molar-refractivity contribution in [1.82, 2.24) is 9.88 Å². The number of hydrogen-bond donors (Lipinski definition) is 1. The SMILES string of the molecule is CCN1CCC(CNc2ncc(Cl)cc2[N+](=O)[O-])C1. The van der Waals surface area contributed by atoms with Gasteiger partial charge in [-0.2, -0.15) is 0 Å². The molecule has 1 aromatic rings. The maximum absolute atomic E-state index is 10.9. The molecule has 1 N–H and O–H groups in total. The van der Waals surface area contributed by atoms with Crippen LogP contribution < -0.4 is 5.32 Å². The first-order valence-corrected chi connectivity index (χ1v) is 6.74. The van der Waals surface area contributed by atoms with Crippen LogP contribution in [-0.2, 0) is 0 Å². The van der Waals surface area contributed by atoms with Gasteiger partial charge in [-0.3, -0.25) is 10.1 Å². The Labute approximate surface area is 116 Å². The van der Waals surface area contributed by atoms with Gasteiger partial charge in [0.15, 0.2) is 0 Å². The molecular formula is C12H17ClN4O2. The van der Waals surface area contributed by atoms with Crippen LogP contribution >= 0.6 is 11.6 Å². The van der Waals surface area contributed by atoms with Crippen molar-refractivity contribution in [1.29, 1.82) is 0 Å². The molecule has 104 valence electrons. The summed E-state index contributed by atoms with van der Waals surface area (Å²) in [6.45, 7) is 6.02. The predicted octanol–water partition coefficient (Wildman–Crippen LogP) is 2.40. The number of hydrogen-bond acceptors (Lipinski definition) is 5. The number of likely N-dealkylation sites (tertiary alicyclic amines) is 1. The van der Waals surface area contributed by atoms with Crippen molar-refractivity contribution < 1.29 is 4.92 Å². The van der Waals surface area contributed by atoms with E-state index in [0.717, 1.165) is 26.1 Å². The van der Waals surface area contributed by atoms with E-state index in [1.165, 1.54) is 12.3 Å². The van der Waals surface area contributed by atoms with Gasteiger partial charge >= 0.3 is 5.69 Å². The van der Waals surface area contributed by atoms with Crippen molar-refractivity contribution in [2.24, 2.45) is 5.92 Å². The molecule has 1 aromatic heterocycles. The molecule has 0 radical (unpaired) electrons. The molecule has 1 fully saturated rings. The quantitative estimate of drug-likeness (QED) is 0.664. The molecular weight excluding hydrogens is 268 g/mol. The monoisotopic (exact) mass is 284 g/mol. The summed E-state index contributed by atoms with van der Waals surface area (Å²) < 4.78 is 0. The van der Waals surface area contributed by atoms with Crippen LogP contribution in [0, 0.1) is 16.0 Å². The molecule has 0 aliphatic carbocycles. The lowest BCUT2D eigenvalue weighted by atomic mass is 10.1. The van der Waals surface area contributed by atoms with E-state index in [0.29, 0.717) is 18.3 Å². The topological polar surface area (TPSA) is 71.3 Å². The zero-order chi connectivity index (χ0) is 13.8. The maximum Gasteiger partial charge on any atom is 0.312 e. The fourth-order valence-electron chi connectivity index (χ4n) is 2.31. The number of anilines is 1. The number of halogens is 1. The van der Waals surface area contributed by atoms with E-state index in [2.05, 4.69) is 22.1 Å². The summed E-state index contributed by atoms with van der Waals surface area (Å²) in [5.41, 5.74) is -0.0714. The predicted molar refractivity (Wildman–Crippen MR) is 74.6 cm³/mol. The smallest absolute Gasteiger partial charge is 0.312 e. The van der Waals surface area contributed by atoms with Crippen molar-refractivity contribution in [3.63, 3.8) is 0 Å². The standard InChI is InChI=1S/C12H17ClN4O2/c1-2-16-4-3-9(8-16)6-14-12-11(17(18)19)5-10(13)7-15-12/h5,7,9H,2-4,6,8H2,1H3,(H,14,15). The first kappa shape index (κ1) is 14.0. The molecule has 1 unspecified atom stereocenters. The van der Waals surface area contributed by atoms with Crippen LogP contribution in [0.3, 0.4) is 0 Å². The number of nitro groups is 1. The Morgan fingerprint density at radius 3 is 3.11 bits per heavy atom. The molecule has 2 rings (SSSR count). The van der Waals surface area contributed by atoms with Crippen molar-refractivity contribution in [2.45, 2.75) is 13.3 Å². The molecule has 0 amide bonds.